The fourth-order valence-electron chi connectivity index (χ4n) is 3.72. The highest BCUT2D eigenvalue weighted by molar-refractivity contribution is 7.17. The number of likely N-dealkylation sites (tertiary alicyclic amines) is 1. The minimum absolute atomic E-state index is 0.0272. The third-order valence-electron chi connectivity index (χ3n) is 5.44. The van der Waals surface area contributed by atoms with Crippen LogP contribution in [0.1, 0.15) is 24.0 Å². The lowest BCUT2D eigenvalue weighted by Crippen LogP contribution is -2.46. The van der Waals surface area contributed by atoms with Gasteiger partial charge < -0.3 is 10.2 Å². The standard InChI is InChI=1S/C23H23ClN2O2S/c24-20-5-1-16(2-6-20)9-11-26-15-19(4-8-22(26)27)23(28)25-14-17-3-7-21-18(13-17)10-12-29-21/h1-3,5-7,10,12-13,19H,4,8-9,11,14-15H2,(H,25,28)/t19-/m1/s1. The predicted octanol–water partition coefficient (Wildman–Crippen LogP) is 4.65. The third kappa shape index (κ3) is 4.98. The average molecular weight is 427 g/mol. The number of fused-ring (bicyclic) bond motifs is 1. The number of thiophene rings is 1. The van der Waals surface area contributed by atoms with Crippen LogP contribution < -0.4 is 5.32 Å². The van der Waals surface area contributed by atoms with Gasteiger partial charge in [-0.3, -0.25) is 9.59 Å². The van der Waals surface area contributed by atoms with E-state index >= 15 is 0 Å². The van der Waals surface area contributed by atoms with Gasteiger partial charge in [0.1, 0.15) is 0 Å². The molecular formula is C23H23ClN2O2S. The Balaban J connectivity index is 1.31. The fraction of sp³-hybridized carbons (Fsp3) is 0.304. The molecule has 1 fully saturated rings. The summed E-state index contributed by atoms with van der Waals surface area (Å²) in [7, 11) is 0. The van der Waals surface area contributed by atoms with Crippen molar-refractivity contribution in [3.05, 3.63) is 70.1 Å². The molecule has 1 aliphatic rings. The van der Waals surface area contributed by atoms with Crippen LogP contribution in [-0.2, 0) is 22.6 Å². The van der Waals surface area contributed by atoms with E-state index in [4.69, 9.17) is 11.6 Å². The molecule has 3 aromatic rings. The molecule has 4 rings (SSSR count). The Morgan fingerprint density at radius 3 is 2.76 bits per heavy atom. The second kappa shape index (κ2) is 8.97. The summed E-state index contributed by atoms with van der Waals surface area (Å²) < 4.78 is 1.25. The highest BCUT2D eigenvalue weighted by Gasteiger charge is 2.29. The van der Waals surface area contributed by atoms with Gasteiger partial charge in [0, 0.05) is 35.8 Å². The lowest BCUT2D eigenvalue weighted by molar-refractivity contribution is -0.138. The van der Waals surface area contributed by atoms with Gasteiger partial charge >= 0.3 is 0 Å². The van der Waals surface area contributed by atoms with Gasteiger partial charge in [-0.05, 0) is 65.1 Å². The van der Waals surface area contributed by atoms with Crippen LogP contribution in [-0.4, -0.2) is 29.8 Å². The number of benzene rings is 2. The topological polar surface area (TPSA) is 49.4 Å². The Kier molecular flexibility index (Phi) is 6.16. The molecule has 1 atom stereocenters. The molecule has 0 aliphatic carbocycles. The summed E-state index contributed by atoms with van der Waals surface area (Å²) in [6.07, 6.45) is 1.81. The van der Waals surface area contributed by atoms with Crippen LogP contribution in [0.2, 0.25) is 5.02 Å². The number of piperidine rings is 1. The highest BCUT2D eigenvalue weighted by atomic mass is 35.5. The molecule has 4 nitrogen and oxygen atoms in total. The number of halogens is 1. The number of nitrogens with zero attached hydrogens (tertiary/aromatic N) is 1. The van der Waals surface area contributed by atoms with Crippen molar-refractivity contribution in [2.75, 3.05) is 13.1 Å². The van der Waals surface area contributed by atoms with E-state index in [2.05, 4.69) is 35.0 Å². The van der Waals surface area contributed by atoms with Crippen LogP contribution in [0.25, 0.3) is 10.1 Å². The number of rotatable bonds is 6. The van der Waals surface area contributed by atoms with Crippen LogP contribution in [0.5, 0.6) is 0 Å². The van der Waals surface area contributed by atoms with Crippen LogP contribution in [0, 0.1) is 5.92 Å². The first kappa shape index (κ1) is 19.9. The molecular weight excluding hydrogens is 404 g/mol. The zero-order valence-corrected chi connectivity index (χ0v) is 17.6. The van der Waals surface area contributed by atoms with E-state index < -0.39 is 0 Å². The second-order valence-corrected chi connectivity index (χ2v) is 8.85. The van der Waals surface area contributed by atoms with Crippen molar-refractivity contribution in [1.82, 2.24) is 10.2 Å². The summed E-state index contributed by atoms with van der Waals surface area (Å²) in [6, 6.07) is 16.0. The zero-order valence-electron chi connectivity index (χ0n) is 16.1. The number of carbonyl (C=O) groups excluding carboxylic acids is 2. The Bertz CT molecular complexity index is 1020. The van der Waals surface area contributed by atoms with Crippen molar-refractivity contribution in [1.29, 1.82) is 0 Å². The summed E-state index contributed by atoms with van der Waals surface area (Å²) in [5.41, 5.74) is 2.23. The van der Waals surface area contributed by atoms with E-state index in [1.165, 1.54) is 10.1 Å². The van der Waals surface area contributed by atoms with E-state index in [-0.39, 0.29) is 17.7 Å². The van der Waals surface area contributed by atoms with Crippen molar-refractivity contribution >= 4 is 44.8 Å². The summed E-state index contributed by atoms with van der Waals surface area (Å²) >= 11 is 7.64. The maximum absolute atomic E-state index is 12.7. The molecule has 150 valence electrons. The Morgan fingerprint density at radius 2 is 1.93 bits per heavy atom. The maximum Gasteiger partial charge on any atom is 0.225 e. The minimum Gasteiger partial charge on any atom is -0.352 e. The number of amides is 2. The number of nitrogens with one attached hydrogen (secondary N) is 1. The van der Waals surface area contributed by atoms with Crippen molar-refractivity contribution in [2.24, 2.45) is 5.92 Å². The summed E-state index contributed by atoms with van der Waals surface area (Å²) in [5, 5.41) is 7.04. The fourth-order valence-corrected chi connectivity index (χ4v) is 4.62. The Morgan fingerprint density at radius 1 is 1.14 bits per heavy atom. The number of hydrogen-bond acceptors (Lipinski definition) is 3. The summed E-state index contributed by atoms with van der Waals surface area (Å²) in [5.74, 6) is 0.00753. The number of hydrogen-bond donors (Lipinski definition) is 1. The largest absolute Gasteiger partial charge is 0.352 e. The molecule has 1 N–H and O–H groups in total. The first-order chi connectivity index (χ1) is 14.1. The molecule has 6 heteroatoms. The van der Waals surface area contributed by atoms with E-state index in [0.29, 0.717) is 37.5 Å². The molecule has 0 spiro atoms. The van der Waals surface area contributed by atoms with E-state index in [1.807, 2.05) is 29.2 Å². The van der Waals surface area contributed by atoms with Gasteiger partial charge in [0.25, 0.3) is 0 Å². The smallest absolute Gasteiger partial charge is 0.225 e. The van der Waals surface area contributed by atoms with Crippen LogP contribution in [0.3, 0.4) is 0 Å². The van der Waals surface area contributed by atoms with Gasteiger partial charge in [-0.25, -0.2) is 0 Å². The van der Waals surface area contributed by atoms with E-state index in [1.54, 1.807) is 11.3 Å². The molecule has 2 heterocycles. The van der Waals surface area contributed by atoms with Crippen molar-refractivity contribution in [2.45, 2.75) is 25.8 Å². The molecule has 1 aromatic heterocycles. The quantitative estimate of drug-likeness (QED) is 0.623. The number of carbonyl (C=O) groups is 2. The normalized spacial score (nSPS) is 16.9. The first-order valence-corrected chi connectivity index (χ1v) is 11.1. The maximum atomic E-state index is 12.7. The lowest BCUT2D eigenvalue weighted by atomic mass is 9.96. The van der Waals surface area contributed by atoms with Gasteiger partial charge in [-0.15, -0.1) is 11.3 Å². The molecule has 2 amide bonds. The van der Waals surface area contributed by atoms with Gasteiger partial charge in [-0.2, -0.15) is 0 Å². The Labute approximate surface area is 179 Å². The van der Waals surface area contributed by atoms with Gasteiger partial charge in [0.05, 0.1) is 5.92 Å². The van der Waals surface area contributed by atoms with Gasteiger partial charge in [0.15, 0.2) is 0 Å². The van der Waals surface area contributed by atoms with Crippen molar-refractivity contribution < 1.29 is 9.59 Å². The van der Waals surface area contributed by atoms with Gasteiger partial charge in [-0.1, -0.05) is 29.8 Å². The average Bonchev–Trinajstić information content (AvgIpc) is 3.20. The van der Waals surface area contributed by atoms with Crippen LogP contribution in [0.15, 0.2) is 53.9 Å². The van der Waals surface area contributed by atoms with Crippen molar-refractivity contribution in [3.8, 4) is 0 Å². The molecule has 0 radical (unpaired) electrons. The summed E-state index contributed by atoms with van der Waals surface area (Å²) in [4.78, 5) is 26.8. The highest BCUT2D eigenvalue weighted by Crippen LogP contribution is 2.22. The monoisotopic (exact) mass is 426 g/mol. The third-order valence-corrected chi connectivity index (χ3v) is 6.59. The molecule has 0 unspecified atom stereocenters. The van der Waals surface area contributed by atoms with Crippen molar-refractivity contribution in [3.63, 3.8) is 0 Å². The molecule has 2 aromatic carbocycles. The van der Waals surface area contributed by atoms with Crippen LogP contribution in [0.4, 0.5) is 0 Å². The SMILES string of the molecule is O=C(NCc1ccc2sccc2c1)[C@@H]1CCC(=O)N(CCc2ccc(Cl)cc2)C1. The minimum atomic E-state index is -0.150. The lowest BCUT2D eigenvalue weighted by Gasteiger charge is -2.32. The predicted molar refractivity (Wildman–Crippen MR) is 118 cm³/mol. The summed E-state index contributed by atoms with van der Waals surface area (Å²) in [6.45, 7) is 1.63. The zero-order chi connectivity index (χ0) is 20.2. The molecule has 0 saturated carbocycles. The van der Waals surface area contributed by atoms with E-state index in [9.17, 15) is 9.59 Å². The second-order valence-electron chi connectivity index (χ2n) is 7.46. The molecule has 29 heavy (non-hydrogen) atoms. The van der Waals surface area contributed by atoms with Gasteiger partial charge in [0.2, 0.25) is 11.8 Å². The van der Waals surface area contributed by atoms with E-state index in [0.717, 1.165) is 17.5 Å². The molecule has 1 aliphatic heterocycles. The molecule has 1 saturated heterocycles. The van der Waals surface area contributed by atoms with Crippen LogP contribution >= 0.6 is 22.9 Å². The first-order valence-electron chi connectivity index (χ1n) is 9.84. The molecule has 0 bridgehead atoms. The Hall–Kier alpha value is -2.37.